The average Bonchev–Trinajstić information content (AvgIpc) is 1.76. The van der Waals surface area contributed by atoms with Crippen molar-refractivity contribution in [2.75, 3.05) is 0 Å². The van der Waals surface area contributed by atoms with E-state index in [-0.39, 0.29) is 24.8 Å². The van der Waals surface area contributed by atoms with Crippen LogP contribution in [0.4, 0.5) is 0 Å². The van der Waals surface area contributed by atoms with Gasteiger partial charge >= 0.3 is 0 Å². The van der Waals surface area contributed by atoms with Crippen LogP contribution in [-0.4, -0.2) is 10.2 Å². The summed E-state index contributed by atoms with van der Waals surface area (Å²) in [6, 6.07) is 0. The minimum absolute atomic E-state index is 0. The molecular weight excluding hydrogens is 155 g/mol. The maximum atomic E-state index is 3.49. The molecule has 5 heteroatoms. The van der Waals surface area contributed by atoms with Gasteiger partial charge in [0.05, 0.1) is 0 Å². The fourth-order valence-corrected chi connectivity index (χ4v) is 0.408. The first-order valence-electron chi connectivity index (χ1n) is 1.19. The number of nitrogens with zero attached hydrogens (tertiary/aromatic N) is 2. The second kappa shape index (κ2) is 6.14. The molecule has 1 heterocycles. The molecule has 0 saturated carbocycles. The van der Waals surface area contributed by atoms with Gasteiger partial charge < -0.3 is 0 Å². The molecule has 0 atom stereocenters. The number of halogens is 2. The zero-order valence-corrected chi connectivity index (χ0v) is 5.72. The molecule has 0 spiro atoms. The molecule has 0 unspecified atom stereocenters. The van der Waals surface area contributed by atoms with Crippen molar-refractivity contribution in [2.45, 2.75) is 0 Å². The number of aromatic nitrogens is 2. The molecule has 1 aromatic rings. The minimum atomic E-state index is 0. The SMILES string of the molecule is Cl.Cl.c1nncs1. The summed E-state index contributed by atoms with van der Waals surface area (Å²) in [6.45, 7) is 0. The van der Waals surface area contributed by atoms with Gasteiger partial charge in [0.25, 0.3) is 0 Å². The van der Waals surface area contributed by atoms with E-state index in [4.69, 9.17) is 0 Å². The number of hydrogen-bond acceptors (Lipinski definition) is 3. The Morgan fingerprint density at radius 1 is 1.00 bits per heavy atom. The molecule has 2 nitrogen and oxygen atoms in total. The van der Waals surface area contributed by atoms with Gasteiger partial charge in [-0.2, -0.15) is 0 Å². The largest absolute Gasteiger partial charge is 0.147 e. The van der Waals surface area contributed by atoms with Gasteiger partial charge in [0, 0.05) is 0 Å². The standard InChI is InChI=1S/C2H2N2S.2ClH/c1-3-4-2-5-1;;/h1-2H;2*1H. The summed E-state index contributed by atoms with van der Waals surface area (Å²) in [5, 5.41) is 6.98. The molecule has 0 N–H and O–H groups in total. The lowest BCUT2D eigenvalue weighted by atomic mass is 11.6. The van der Waals surface area contributed by atoms with Crippen LogP contribution >= 0.6 is 36.2 Å². The van der Waals surface area contributed by atoms with Gasteiger partial charge in [-0.3, -0.25) is 0 Å². The summed E-state index contributed by atoms with van der Waals surface area (Å²) in [6.07, 6.45) is 0. The van der Waals surface area contributed by atoms with Crippen molar-refractivity contribution in [2.24, 2.45) is 0 Å². The van der Waals surface area contributed by atoms with Gasteiger partial charge in [-0.1, -0.05) is 0 Å². The topological polar surface area (TPSA) is 25.8 Å². The van der Waals surface area contributed by atoms with Crippen LogP contribution in [-0.2, 0) is 0 Å². The average molecular weight is 159 g/mol. The Labute approximate surface area is 57.8 Å². The van der Waals surface area contributed by atoms with Gasteiger partial charge in [-0.05, 0) is 0 Å². The van der Waals surface area contributed by atoms with Gasteiger partial charge in [-0.15, -0.1) is 46.3 Å². The van der Waals surface area contributed by atoms with E-state index in [1.165, 1.54) is 11.3 Å². The van der Waals surface area contributed by atoms with E-state index in [0.717, 1.165) is 0 Å². The van der Waals surface area contributed by atoms with Crippen LogP contribution in [0.5, 0.6) is 0 Å². The molecule has 0 fully saturated rings. The van der Waals surface area contributed by atoms with Crippen LogP contribution in [0.1, 0.15) is 0 Å². The Kier molecular flexibility index (Phi) is 8.94. The highest BCUT2D eigenvalue weighted by Gasteiger charge is 1.60. The Morgan fingerprint density at radius 3 is 1.57 bits per heavy atom. The number of rotatable bonds is 0. The molecule has 1 aromatic heterocycles. The van der Waals surface area contributed by atoms with E-state index in [9.17, 15) is 0 Å². The van der Waals surface area contributed by atoms with Crippen LogP contribution in [0, 0.1) is 0 Å². The molecule has 0 radical (unpaired) electrons. The predicted molar refractivity (Wildman–Crippen MR) is 34.4 cm³/mol. The van der Waals surface area contributed by atoms with E-state index in [0.29, 0.717) is 0 Å². The predicted octanol–water partition coefficient (Wildman–Crippen LogP) is 1.38. The normalized spacial score (nSPS) is 5.71. The van der Waals surface area contributed by atoms with Crippen molar-refractivity contribution >= 4 is 36.2 Å². The van der Waals surface area contributed by atoms with Crippen molar-refractivity contribution in [1.82, 2.24) is 10.2 Å². The first kappa shape index (κ1) is 10.2. The van der Waals surface area contributed by atoms with Crippen molar-refractivity contribution in [3.05, 3.63) is 11.0 Å². The molecule has 0 bridgehead atoms. The van der Waals surface area contributed by atoms with Gasteiger partial charge in [0.1, 0.15) is 11.0 Å². The van der Waals surface area contributed by atoms with Crippen LogP contribution in [0.3, 0.4) is 0 Å². The summed E-state index contributed by atoms with van der Waals surface area (Å²) < 4.78 is 0. The summed E-state index contributed by atoms with van der Waals surface area (Å²) >= 11 is 1.49. The molecule has 0 aromatic carbocycles. The monoisotopic (exact) mass is 158 g/mol. The lowest BCUT2D eigenvalue weighted by Crippen LogP contribution is -1.53. The Hall–Kier alpha value is 0.140. The molecule has 1 rings (SSSR count). The zero-order chi connectivity index (χ0) is 3.54. The molecule has 0 amide bonds. The molecule has 0 aliphatic rings. The van der Waals surface area contributed by atoms with Gasteiger partial charge in [0.15, 0.2) is 0 Å². The molecule has 42 valence electrons. The van der Waals surface area contributed by atoms with Crippen molar-refractivity contribution in [3.8, 4) is 0 Å². The van der Waals surface area contributed by atoms with E-state index >= 15 is 0 Å². The molecule has 0 aliphatic heterocycles. The fourth-order valence-electron chi connectivity index (χ4n) is 0.136. The van der Waals surface area contributed by atoms with Crippen molar-refractivity contribution < 1.29 is 0 Å². The lowest BCUT2D eigenvalue weighted by Gasteiger charge is -1.41. The smallest absolute Gasteiger partial charge is 0.103 e. The van der Waals surface area contributed by atoms with Crippen LogP contribution in [0.25, 0.3) is 0 Å². The maximum Gasteiger partial charge on any atom is 0.103 e. The van der Waals surface area contributed by atoms with Crippen molar-refractivity contribution in [3.63, 3.8) is 0 Å². The summed E-state index contributed by atoms with van der Waals surface area (Å²) in [7, 11) is 0. The highest BCUT2D eigenvalue weighted by atomic mass is 35.5. The maximum absolute atomic E-state index is 3.49. The summed E-state index contributed by atoms with van der Waals surface area (Å²) in [5.41, 5.74) is 3.36. The van der Waals surface area contributed by atoms with E-state index in [1.807, 2.05) is 0 Å². The molecule has 0 aliphatic carbocycles. The number of hydrogen-bond donors (Lipinski definition) is 0. The fraction of sp³-hybridized carbons (Fsp3) is 0. The van der Waals surface area contributed by atoms with Crippen molar-refractivity contribution in [1.29, 1.82) is 0 Å². The van der Waals surface area contributed by atoms with Crippen LogP contribution in [0.2, 0.25) is 0 Å². The highest BCUT2D eigenvalue weighted by Crippen LogP contribution is 1.80. The Bertz CT molecular complexity index is 70.2. The Morgan fingerprint density at radius 2 is 1.43 bits per heavy atom. The zero-order valence-electron chi connectivity index (χ0n) is 3.27. The lowest BCUT2D eigenvalue weighted by molar-refractivity contribution is 1.09. The van der Waals surface area contributed by atoms with Crippen LogP contribution in [0.15, 0.2) is 11.0 Å². The summed E-state index contributed by atoms with van der Waals surface area (Å²) in [5.74, 6) is 0. The first-order valence-corrected chi connectivity index (χ1v) is 2.13. The minimum Gasteiger partial charge on any atom is -0.147 e. The third-order valence-electron chi connectivity index (χ3n) is 0.283. The quantitative estimate of drug-likeness (QED) is 0.571. The Balaban J connectivity index is 0. The molecule has 0 saturated heterocycles. The molecule has 7 heavy (non-hydrogen) atoms. The van der Waals surface area contributed by atoms with Crippen LogP contribution < -0.4 is 0 Å². The highest BCUT2D eigenvalue weighted by molar-refractivity contribution is 7.07. The second-order valence-corrected chi connectivity index (χ2v) is 1.27. The molecular formula is C2H4Cl2N2S. The third kappa shape index (κ3) is 3.98. The third-order valence-corrected chi connectivity index (χ3v) is 0.715. The van der Waals surface area contributed by atoms with Gasteiger partial charge in [-0.25, -0.2) is 0 Å². The second-order valence-electron chi connectivity index (χ2n) is 0.578. The van der Waals surface area contributed by atoms with E-state index in [1.54, 1.807) is 11.0 Å². The van der Waals surface area contributed by atoms with Gasteiger partial charge in [0.2, 0.25) is 0 Å². The van der Waals surface area contributed by atoms with E-state index < -0.39 is 0 Å². The summed E-state index contributed by atoms with van der Waals surface area (Å²) in [4.78, 5) is 0. The first-order chi connectivity index (χ1) is 2.50. The van der Waals surface area contributed by atoms with E-state index in [2.05, 4.69) is 10.2 Å².